The highest BCUT2D eigenvalue weighted by atomic mass is 16.5. The second-order valence-corrected chi connectivity index (χ2v) is 6.67. The zero-order valence-electron chi connectivity index (χ0n) is 16.7. The molecule has 3 aromatic rings. The van der Waals surface area contributed by atoms with Crippen molar-refractivity contribution in [3.05, 3.63) is 82.8 Å². The molecule has 0 spiro atoms. The summed E-state index contributed by atoms with van der Waals surface area (Å²) >= 11 is 0. The van der Waals surface area contributed by atoms with Gasteiger partial charge in [-0.3, -0.25) is 4.98 Å². The van der Waals surface area contributed by atoms with Crippen molar-refractivity contribution in [2.45, 2.75) is 40.5 Å². The van der Waals surface area contributed by atoms with Crippen LogP contribution in [0, 0.1) is 13.8 Å². The van der Waals surface area contributed by atoms with Crippen molar-refractivity contribution in [2.75, 3.05) is 6.61 Å². The van der Waals surface area contributed by atoms with Crippen LogP contribution in [0.1, 0.15) is 34.9 Å². The Bertz CT molecular complexity index is 874. The number of ether oxygens (including phenoxy) is 2. The van der Waals surface area contributed by atoms with Gasteiger partial charge in [-0.05, 0) is 55.7 Å². The first-order valence-electron chi connectivity index (χ1n) is 9.57. The maximum Gasteiger partial charge on any atom is 0.217 e. The third-order valence-electron chi connectivity index (χ3n) is 4.39. The Morgan fingerprint density at radius 3 is 2.39 bits per heavy atom. The molecular weight excluding hydrogens is 350 g/mol. The van der Waals surface area contributed by atoms with Gasteiger partial charge in [0.05, 0.1) is 12.3 Å². The summed E-state index contributed by atoms with van der Waals surface area (Å²) in [5.41, 5.74) is 5.47. The van der Waals surface area contributed by atoms with Gasteiger partial charge in [-0.2, -0.15) is 0 Å². The van der Waals surface area contributed by atoms with Gasteiger partial charge < -0.3 is 14.8 Å². The summed E-state index contributed by atoms with van der Waals surface area (Å²) in [6.07, 6.45) is 3.54. The molecule has 0 aliphatic carbocycles. The summed E-state index contributed by atoms with van der Waals surface area (Å²) in [5, 5.41) is 3.48. The van der Waals surface area contributed by atoms with Crippen molar-refractivity contribution in [1.29, 1.82) is 0 Å². The highest BCUT2D eigenvalue weighted by molar-refractivity contribution is 5.43. The molecule has 146 valence electrons. The SMILES string of the molecule is CCOc1ncccc1CNCc1cc(C)c(OCc2ccccn2)c(C)c1. The molecule has 0 atom stereocenters. The van der Waals surface area contributed by atoms with E-state index < -0.39 is 0 Å². The van der Waals surface area contributed by atoms with Gasteiger partial charge in [-0.1, -0.05) is 24.3 Å². The van der Waals surface area contributed by atoms with Crippen LogP contribution in [0.3, 0.4) is 0 Å². The van der Waals surface area contributed by atoms with Gasteiger partial charge in [0.15, 0.2) is 0 Å². The standard InChI is InChI=1S/C23H27N3O2/c1-4-27-23-20(8-7-11-26-23)15-24-14-19-12-17(2)22(18(3)13-19)28-16-21-9-5-6-10-25-21/h5-13,24H,4,14-16H2,1-3H3. The number of pyridine rings is 2. The van der Waals surface area contributed by atoms with E-state index in [1.165, 1.54) is 5.56 Å². The lowest BCUT2D eigenvalue weighted by molar-refractivity contribution is 0.297. The Balaban J connectivity index is 1.60. The third-order valence-corrected chi connectivity index (χ3v) is 4.39. The van der Waals surface area contributed by atoms with E-state index in [0.717, 1.165) is 34.7 Å². The highest BCUT2D eigenvalue weighted by Gasteiger charge is 2.08. The second kappa shape index (κ2) is 9.85. The molecule has 28 heavy (non-hydrogen) atoms. The number of nitrogens with zero attached hydrogens (tertiary/aromatic N) is 2. The van der Waals surface area contributed by atoms with Crippen LogP contribution in [0.5, 0.6) is 11.6 Å². The molecule has 2 aromatic heterocycles. The van der Waals surface area contributed by atoms with E-state index in [-0.39, 0.29) is 0 Å². The van der Waals surface area contributed by atoms with Gasteiger partial charge in [0.2, 0.25) is 5.88 Å². The van der Waals surface area contributed by atoms with Gasteiger partial charge in [-0.25, -0.2) is 4.98 Å². The smallest absolute Gasteiger partial charge is 0.217 e. The molecular formula is C23H27N3O2. The number of hydrogen-bond acceptors (Lipinski definition) is 5. The molecule has 1 aromatic carbocycles. The average molecular weight is 377 g/mol. The molecule has 0 radical (unpaired) electrons. The van der Waals surface area contributed by atoms with Crippen molar-refractivity contribution in [2.24, 2.45) is 0 Å². The molecule has 0 saturated carbocycles. The molecule has 0 saturated heterocycles. The predicted molar refractivity (Wildman–Crippen MR) is 110 cm³/mol. The van der Waals surface area contributed by atoms with Crippen LogP contribution in [0.4, 0.5) is 0 Å². The van der Waals surface area contributed by atoms with E-state index in [1.807, 2.05) is 37.3 Å². The maximum atomic E-state index is 6.02. The van der Waals surface area contributed by atoms with E-state index in [9.17, 15) is 0 Å². The van der Waals surface area contributed by atoms with Crippen molar-refractivity contribution >= 4 is 0 Å². The summed E-state index contributed by atoms with van der Waals surface area (Å²) in [6.45, 7) is 8.69. The zero-order valence-corrected chi connectivity index (χ0v) is 16.7. The molecule has 5 nitrogen and oxygen atoms in total. The summed E-state index contributed by atoms with van der Waals surface area (Å²) < 4.78 is 11.6. The quantitative estimate of drug-likeness (QED) is 0.600. The number of rotatable bonds is 9. The topological polar surface area (TPSA) is 56.3 Å². The van der Waals surface area contributed by atoms with Crippen LogP contribution in [0.2, 0.25) is 0 Å². The number of hydrogen-bond donors (Lipinski definition) is 1. The Labute approximate surface area is 166 Å². The van der Waals surface area contributed by atoms with Crippen molar-refractivity contribution < 1.29 is 9.47 Å². The van der Waals surface area contributed by atoms with E-state index in [0.29, 0.717) is 25.6 Å². The zero-order chi connectivity index (χ0) is 19.8. The Hall–Kier alpha value is -2.92. The molecule has 3 rings (SSSR count). The van der Waals surface area contributed by atoms with Gasteiger partial charge in [0.1, 0.15) is 12.4 Å². The normalized spacial score (nSPS) is 10.7. The van der Waals surface area contributed by atoms with Crippen LogP contribution in [0.15, 0.2) is 54.9 Å². The Kier molecular flexibility index (Phi) is 6.98. The van der Waals surface area contributed by atoms with E-state index in [4.69, 9.17) is 9.47 Å². The minimum Gasteiger partial charge on any atom is -0.487 e. The van der Waals surface area contributed by atoms with Crippen LogP contribution < -0.4 is 14.8 Å². The molecule has 0 bridgehead atoms. The van der Waals surface area contributed by atoms with Crippen LogP contribution in [-0.2, 0) is 19.7 Å². The second-order valence-electron chi connectivity index (χ2n) is 6.67. The lowest BCUT2D eigenvalue weighted by atomic mass is 10.1. The Morgan fingerprint density at radius 1 is 0.893 bits per heavy atom. The minimum atomic E-state index is 0.474. The lowest BCUT2D eigenvalue weighted by Gasteiger charge is -2.15. The molecule has 0 amide bonds. The summed E-state index contributed by atoms with van der Waals surface area (Å²) in [4.78, 5) is 8.61. The van der Waals surface area contributed by atoms with Crippen molar-refractivity contribution in [1.82, 2.24) is 15.3 Å². The fraction of sp³-hybridized carbons (Fsp3) is 0.304. The van der Waals surface area contributed by atoms with Gasteiger partial charge in [0, 0.05) is 31.0 Å². The number of benzene rings is 1. The molecule has 0 fully saturated rings. The first-order valence-corrected chi connectivity index (χ1v) is 9.57. The number of aromatic nitrogens is 2. The van der Waals surface area contributed by atoms with Crippen molar-refractivity contribution in [3.8, 4) is 11.6 Å². The minimum absolute atomic E-state index is 0.474. The summed E-state index contributed by atoms with van der Waals surface area (Å²) in [5.74, 6) is 1.63. The number of nitrogens with one attached hydrogen (secondary N) is 1. The highest BCUT2D eigenvalue weighted by Crippen LogP contribution is 2.26. The lowest BCUT2D eigenvalue weighted by Crippen LogP contribution is -2.14. The third kappa shape index (κ3) is 5.30. The van der Waals surface area contributed by atoms with Crippen molar-refractivity contribution in [3.63, 3.8) is 0 Å². The number of aryl methyl sites for hydroxylation is 2. The monoisotopic (exact) mass is 377 g/mol. The fourth-order valence-corrected chi connectivity index (χ4v) is 3.17. The van der Waals surface area contributed by atoms with Gasteiger partial charge >= 0.3 is 0 Å². The molecule has 2 heterocycles. The average Bonchev–Trinajstić information content (AvgIpc) is 2.70. The molecule has 0 aliphatic rings. The van der Waals surface area contributed by atoms with Crippen LogP contribution in [-0.4, -0.2) is 16.6 Å². The largest absolute Gasteiger partial charge is 0.487 e. The van der Waals surface area contributed by atoms with Crippen LogP contribution >= 0.6 is 0 Å². The van der Waals surface area contributed by atoms with E-state index >= 15 is 0 Å². The Morgan fingerprint density at radius 2 is 1.68 bits per heavy atom. The molecule has 0 aliphatic heterocycles. The van der Waals surface area contributed by atoms with Crippen LogP contribution in [0.25, 0.3) is 0 Å². The summed E-state index contributed by atoms with van der Waals surface area (Å²) in [7, 11) is 0. The van der Waals surface area contributed by atoms with E-state index in [1.54, 1.807) is 12.4 Å². The predicted octanol–water partition coefficient (Wildman–Crippen LogP) is 4.36. The molecule has 1 N–H and O–H groups in total. The van der Waals surface area contributed by atoms with E-state index in [2.05, 4.69) is 41.3 Å². The molecule has 5 heteroatoms. The maximum absolute atomic E-state index is 6.02. The van der Waals surface area contributed by atoms with Gasteiger partial charge in [0.25, 0.3) is 0 Å². The first-order chi connectivity index (χ1) is 13.7. The summed E-state index contributed by atoms with van der Waals surface area (Å²) in [6, 6.07) is 14.2. The molecule has 0 unspecified atom stereocenters. The fourth-order valence-electron chi connectivity index (χ4n) is 3.17. The first kappa shape index (κ1) is 19.8. The van der Waals surface area contributed by atoms with Gasteiger partial charge in [-0.15, -0.1) is 0 Å².